The van der Waals surface area contributed by atoms with Gasteiger partial charge in [-0.2, -0.15) is 0 Å². The first-order valence-electron chi connectivity index (χ1n) is 5.58. The highest BCUT2D eigenvalue weighted by Gasteiger charge is 2.27. The fraction of sp³-hybridized carbons (Fsp3) is 0.286. The molecule has 0 fully saturated rings. The van der Waals surface area contributed by atoms with Crippen molar-refractivity contribution in [1.29, 1.82) is 0 Å². The van der Waals surface area contributed by atoms with Crippen molar-refractivity contribution >= 4 is 27.7 Å². The van der Waals surface area contributed by atoms with Crippen LogP contribution in [-0.2, 0) is 9.53 Å². The highest BCUT2D eigenvalue weighted by atomic mass is 79.9. The Kier molecular flexibility index (Phi) is 5.78. The number of hydrogen-bond donors (Lipinski definition) is 0. The molecule has 18 heavy (non-hydrogen) atoms. The molecule has 0 aromatic heterocycles. The van der Waals surface area contributed by atoms with Crippen LogP contribution < -0.4 is 0 Å². The molecule has 1 aromatic carbocycles. The molecule has 1 rings (SSSR count). The first-order valence-corrected chi connectivity index (χ1v) is 6.38. The Bertz CT molecular complexity index is 454. The Morgan fingerprint density at radius 2 is 2.22 bits per heavy atom. The van der Waals surface area contributed by atoms with E-state index in [1.165, 1.54) is 7.11 Å². The van der Waals surface area contributed by atoms with Gasteiger partial charge < -0.3 is 4.74 Å². The van der Waals surface area contributed by atoms with Crippen molar-refractivity contribution in [1.82, 2.24) is 0 Å². The highest BCUT2D eigenvalue weighted by Crippen LogP contribution is 2.19. The molecule has 0 N–H and O–H groups in total. The Balaban J connectivity index is 2.94. The van der Waals surface area contributed by atoms with Crippen LogP contribution in [-0.4, -0.2) is 18.9 Å². The van der Waals surface area contributed by atoms with E-state index in [0.29, 0.717) is 18.4 Å². The van der Waals surface area contributed by atoms with E-state index in [9.17, 15) is 9.59 Å². The molecule has 0 spiro atoms. The van der Waals surface area contributed by atoms with Crippen molar-refractivity contribution in [2.24, 2.45) is 5.92 Å². The van der Waals surface area contributed by atoms with Gasteiger partial charge in [0, 0.05) is 10.0 Å². The van der Waals surface area contributed by atoms with E-state index in [-0.39, 0.29) is 5.78 Å². The van der Waals surface area contributed by atoms with Crippen molar-refractivity contribution in [3.8, 4) is 0 Å². The van der Waals surface area contributed by atoms with Crippen molar-refractivity contribution < 1.29 is 14.3 Å². The van der Waals surface area contributed by atoms with Gasteiger partial charge in [0.15, 0.2) is 5.78 Å². The van der Waals surface area contributed by atoms with E-state index in [0.717, 1.165) is 4.47 Å². The summed E-state index contributed by atoms with van der Waals surface area (Å²) in [6.07, 6.45) is 2.70. The first-order chi connectivity index (χ1) is 8.60. The SMILES string of the molecule is C=CCCC(C(=O)OC)C(=O)c1cccc(Br)c1. The van der Waals surface area contributed by atoms with Crippen LogP contribution in [0.5, 0.6) is 0 Å². The molecule has 3 nitrogen and oxygen atoms in total. The van der Waals surface area contributed by atoms with Gasteiger partial charge in [-0.25, -0.2) is 0 Å². The average Bonchev–Trinajstić information content (AvgIpc) is 2.38. The average molecular weight is 311 g/mol. The van der Waals surface area contributed by atoms with E-state index < -0.39 is 11.9 Å². The zero-order chi connectivity index (χ0) is 13.5. The molecule has 96 valence electrons. The number of halogens is 1. The van der Waals surface area contributed by atoms with Crippen LogP contribution in [0.25, 0.3) is 0 Å². The topological polar surface area (TPSA) is 43.4 Å². The smallest absolute Gasteiger partial charge is 0.316 e. The summed E-state index contributed by atoms with van der Waals surface area (Å²) in [5.41, 5.74) is 0.504. The number of hydrogen-bond acceptors (Lipinski definition) is 3. The lowest BCUT2D eigenvalue weighted by molar-refractivity contribution is -0.143. The fourth-order valence-corrected chi connectivity index (χ4v) is 2.02. The normalized spacial score (nSPS) is 11.7. The molecule has 1 aromatic rings. The molecule has 0 saturated carbocycles. The quantitative estimate of drug-likeness (QED) is 0.350. The lowest BCUT2D eigenvalue weighted by Crippen LogP contribution is -2.25. The summed E-state index contributed by atoms with van der Waals surface area (Å²) in [6, 6.07) is 6.98. The Hall–Kier alpha value is -1.42. The molecule has 0 aliphatic heterocycles. The van der Waals surface area contributed by atoms with Crippen LogP contribution in [0.4, 0.5) is 0 Å². The first kappa shape index (κ1) is 14.6. The summed E-state index contributed by atoms with van der Waals surface area (Å²) in [7, 11) is 1.29. The van der Waals surface area contributed by atoms with Crippen LogP contribution in [0.1, 0.15) is 23.2 Å². The summed E-state index contributed by atoms with van der Waals surface area (Å²) >= 11 is 3.30. The van der Waals surface area contributed by atoms with Crippen molar-refractivity contribution in [3.05, 3.63) is 47.0 Å². The van der Waals surface area contributed by atoms with Crippen LogP contribution in [0.3, 0.4) is 0 Å². The number of carbonyl (C=O) groups is 2. The molecule has 0 aliphatic rings. The number of ketones is 1. The van der Waals surface area contributed by atoms with Gasteiger partial charge in [-0.05, 0) is 25.0 Å². The summed E-state index contributed by atoms with van der Waals surface area (Å²) in [4.78, 5) is 23.9. The number of rotatable bonds is 6. The second-order valence-corrected chi connectivity index (χ2v) is 4.73. The third-order valence-electron chi connectivity index (χ3n) is 2.57. The molecule has 1 atom stereocenters. The molecule has 0 bridgehead atoms. The van der Waals surface area contributed by atoms with Crippen molar-refractivity contribution in [2.45, 2.75) is 12.8 Å². The molecule has 0 aliphatic carbocycles. The van der Waals surface area contributed by atoms with E-state index in [1.54, 1.807) is 24.3 Å². The lowest BCUT2D eigenvalue weighted by Gasteiger charge is -2.12. The van der Waals surface area contributed by atoms with Gasteiger partial charge in [0.25, 0.3) is 0 Å². The van der Waals surface area contributed by atoms with Crippen LogP contribution in [0.15, 0.2) is 41.4 Å². The lowest BCUT2D eigenvalue weighted by atomic mass is 9.93. The van der Waals surface area contributed by atoms with Crippen LogP contribution in [0.2, 0.25) is 0 Å². The predicted octanol–water partition coefficient (Wildman–Crippen LogP) is 3.39. The standard InChI is InChI=1S/C14H15BrO3/c1-3-4-8-12(14(17)18-2)13(16)10-6-5-7-11(15)9-10/h3,5-7,9,12H,1,4,8H2,2H3. The number of ether oxygens (including phenoxy) is 1. The molecule has 1 unspecified atom stereocenters. The largest absolute Gasteiger partial charge is 0.468 e. The van der Waals surface area contributed by atoms with Crippen molar-refractivity contribution in [3.63, 3.8) is 0 Å². The van der Waals surface area contributed by atoms with Gasteiger partial charge in [0.05, 0.1) is 7.11 Å². The van der Waals surface area contributed by atoms with Gasteiger partial charge in [-0.3, -0.25) is 9.59 Å². The minimum atomic E-state index is -0.762. The molecule has 0 amide bonds. The Morgan fingerprint density at radius 3 is 2.78 bits per heavy atom. The monoisotopic (exact) mass is 310 g/mol. The van der Waals surface area contributed by atoms with Gasteiger partial charge in [-0.15, -0.1) is 6.58 Å². The maximum Gasteiger partial charge on any atom is 0.316 e. The number of Topliss-reactive ketones (excluding diaryl/α,β-unsaturated/α-hetero) is 1. The number of allylic oxidation sites excluding steroid dienone is 1. The Morgan fingerprint density at radius 1 is 1.50 bits per heavy atom. The maximum absolute atomic E-state index is 12.2. The molecule has 0 heterocycles. The molecule has 0 radical (unpaired) electrons. The third kappa shape index (κ3) is 3.81. The molecular formula is C14H15BrO3. The zero-order valence-electron chi connectivity index (χ0n) is 10.2. The zero-order valence-corrected chi connectivity index (χ0v) is 11.8. The van der Waals surface area contributed by atoms with Gasteiger partial charge >= 0.3 is 5.97 Å². The van der Waals surface area contributed by atoms with Crippen LogP contribution in [0, 0.1) is 5.92 Å². The number of carbonyl (C=O) groups excluding carboxylic acids is 2. The second kappa shape index (κ2) is 7.11. The van der Waals surface area contributed by atoms with E-state index >= 15 is 0 Å². The molecule has 4 heteroatoms. The molecule has 0 saturated heterocycles. The van der Waals surface area contributed by atoms with Gasteiger partial charge in [-0.1, -0.05) is 34.1 Å². The highest BCUT2D eigenvalue weighted by molar-refractivity contribution is 9.10. The van der Waals surface area contributed by atoms with E-state index in [4.69, 9.17) is 0 Å². The van der Waals surface area contributed by atoms with E-state index in [1.807, 2.05) is 6.07 Å². The number of methoxy groups -OCH3 is 1. The number of benzene rings is 1. The molecular weight excluding hydrogens is 296 g/mol. The summed E-state index contributed by atoms with van der Waals surface area (Å²) in [6.45, 7) is 3.59. The van der Waals surface area contributed by atoms with Crippen molar-refractivity contribution in [2.75, 3.05) is 7.11 Å². The number of esters is 1. The van der Waals surface area contributed by atoms with Gasteiger partial charge in [0.1, 0.15) is 5.92 Å². The third-order valence-corrected chi connectivity index (χ3v) is 3.06. The summed E-state index contributed by atoms with van der Waals surface area (Å²) in [5, 5.41) is 0. The fourth-order valence-electron chi connectivity index (χ4n) is 1.63. The predicted molar refractivity (Wildman–Crippen MR) is 73.4 cm³/mol. The summed E-state index contributed by atoms with van der Waals surface area (Å²) in [5.74, 6) is -1.48. The summed E-state index contributed by atoms with van der Waals surface area (Å²) < 4.78 is 5.48. The second-order valence-electron chi connectivity index (χ2n) is 3.82. The maximum atomic E-state index is 12.2. The van der Waals surface area contributed by atoms with Crippen LogP contribution >= 0.6 is 15.9 Å². The Labute approximate surface area is 115 Å². The minimum absolute atomic E-state index is 0.218. The van der Waals surface area contributed by atoms with Gasteiger partial charge in [0.2, 0.25) is 0 Å². The minimum Gasteiger partial charge on any atom is -0.468 e. The van der Waals surface area contributed by atoms with E-state index in [2.05, 4.69) is 27.2 Å².